The third kappa shape index (κ3) is 3.40. The van der Waals surface area contributed by atoms with Gasteiger partial charge in [-0.2, -0.15) is 11.8 Å². The van der Waals surface area contributed by atoms with Gasteiger partial charge in [-0.25, -0.2) is 0 Å². The van der Waals surface area contributed by atoms with E-state index in [4.69, 9.17) is 0 Å². The molecule has 0 aromatic heterocycles. The van der Waals surface area contributed by atoms with Crippen LogP contribution in [0.15, 0.2) is 24.3 Å². The fourth-order valence-electron chi connectivity index (χ4n) is 1.93. The summed E-state index contributed by atoms with van der Waals surface area (Å²) in [4.78, 5) is 14.0. The van der Waals surface area contributed by atoms with Crippen molar-refractivity contribution < 1.29 is 9.90 Å². The molecule has 17 heavy (non-hydrogen) atoms. The molecule has 4 heteroatoms. The maximum absolute atomic E-state index is 12.1. The fraction of sp³-hybridized carbons (Fsp3) is 0.462. The van der Waals surface area contributed by atoms with Crippen LogP contribution in [0, 0.1) is 0 Å². The van der Waals surface area contributed by atoms with Crippen LogP contribution >= 0.6 is 11.8 Å². The average Bonchev–Trinajstić information content (AvgIpc) is 2.61. The number of aromatic hydroxyl groups is 1. The predicted molar refractivity (Wildman–Crippen MR) is 70.3 cm³/mol. The molecule has 1 heterocycles. The van der Waals surface area contributed by atoms with Crippen LogP contribution in [-0.2, 0) is 11.2 Å². The first-order valence-electron chi connectivity index (χ1n) is 5.90. The first kappa shape index (κ1) is 12.3. The number of nitrogens with zero attached hydrogens (tertiary/aromatic N) is 1. The highest BCUT2D eigenvalue weighted by Crippen LogP contribution is 2.18. The summed E-state index contributed by atoms with van der Waals surface area (Å²) in [6.45, 7) is 1.68. The monoisotopic (exact) mass is 251 g/mol. The summed E-state index contributed by atoms with van der Waals surface area (Å²) in [5.74, 6) is 2.49. The zero-order chi connectivity index (χ0) is 12.1. The minimum absolute atomic E-state index is 0.119. The standard InChI is InChI=1S/C13H17NO2S/c15-12-5-2-1-4-11(12)10-13(16)14-6-3-8-17-9-7-14/h1-2,4-5,15H,3,6-10H2. The number of rotatable bonds is 2. The van der Waals surface area contributed by atoms with Gasteiger partial charge in [0.2, 0.25) is 5.91 Å². The van der Waals surface area contributed by atoms with Crippen LogP contribution < -0.4 is 0 Å². The van der Waals surface area contributed by atoms with Crippen molar-refractivity contribution in [2.24, 2.45) is 0 Å². The first-order chi connectivity index (χ1) is 8.27. The minimum atomic E-state index is 0.119. The number of phenols is 1. The number of para-hydroxylation sites is 1. The maximum atomic E-state index is 12.1. The van der Waals surface area contributed by atoms with Crippen molar-refractivity contribution in [2.45, 2.75) is 12.8 Å². The highest BCUT2D eigenvalue weighted by Gasteiger charge is 2.16. The van der Waals surface area contributed by atoms with Crippen LogP contribution in [0.25, 0.3) is 0 Å². The van der Waals surface area contributed by atoms with Crippen LogP contribution in [0.1, 0.15) is 12.0 Å². The molecule has 3 nitrogen and oxygen atoms in total. The molecule has 1 fully saturated rings. The van der Waals surface area contributed by atoms with E-state index < -0.39 is 0 Å². The number of benzene rings is 1. The normalized spacial score (nSPS) is 16.6. The Bertz CT molecular complexity index is 387. The summed E-state index contributed by atoms with van der Waals surface area (Å²) in [6.07, 6.45) is 1.37. The van der Waals surface area contributed by atoms with E-state index in [1.165, 1.54) is 0 Å². The molecule has 0 aliphatic carbocycles. The Kier molecular flexibility index (Phi) is 4.31. The lowest BCUT2D eigenvalue weighted by Gasteiger charge is -2.20. The van der Waals surface area contributed by atoms with E-state index in [-0.39, 0.29) is 11.7 Å². The third-order valence-electron chi connectivity index (χ3n) is 2.91. The lowest BCUT2D eigenvalue weighted by atomic mass is 10.1. The van der Waals surface area contributed by atoms with Crippen molar-refractivity contribution in [3.8, 4) is 5.75 Å². The topological polar surface area (TPSA) is 40.5 Å². The summed E-state index contributed by atoms with van der Waals surface area (Å²) >= 11 is 1.90. The number of phenolic OH excluding ortho intramolecular Hbond substituents is 1. The Balaban J connectivity index is 1.98. The third-order valence-corrected chi connectivity index (χ3v) is 3.96. The van der Waals surface area contributed by atoms with E-state index in [9.17, 15) is 9.90 Å². The van der Waals surface area contributed by atoms with Crippen molar-refractivity contribution in [3.63, 3.8) is 0 Å². The molecule has 1 amide bonds. The van der Waals surface area contributed by atoms with E-state index in [1.54, 1.807) is 18.2 Å². The van der Waals surface area contributed by atoms with Gasteiger partial charge in [0.25, 0.3) is 0 Å². The van der Waals surface area contributed by atoms with Crippen molar-refractivity contribution in [2.75, 3.05) is 24.6 Å². The molecule has 0 atom stereocenters. The molecule has 0 saturated carbocycles. The van der Waals surface area contributed by atoms with Gasteiger partial charge in [-0.15, -0.1) is 0 Å². The maximum Gasteiger partial charge on any atom is 0.227 e. The lowest BCUT2D eigenvalue weighted by Crippen LogP contribution is -2.34. The molecular formula is C13H17NO2S. The van der Waals surface area contributed by atoms with Crippen molar-refractivity contribution in [1.82, 2.24) is 4.90 Å². The molecule has 0 bridgehead atoms. The SMILES string of the molecule is O=C(Cc1ccccc1O)N1CCCSCC1. The van der Waals surface area contributed by atoms with Gasteiger partial charge < -0.3 is 10.0 Å². The van der Waals surface area contributed by atoms with Gasteiger partial charge in [-0.3, -0.25) is 4.79 Å². The van der Waals surface area contributed by atoms with Crippen LogP contribution in [0.5, 0.6) is 5.75 Å². The van der Waals surface area contributed by atoms with E-state index in [0.29, 0.717) is 6.42 Å². The van der Waals surface area contributed by atoms with E-state index in [0.717, 1.165) is 36.6 Å². The summed E-state index contributed by atoms with van der Waals surface area (Å²) in [6, 6.07) is 7.05. The predicted octanol–water partition coefficient (Wildman–Crippen LogP) is 1.90. The molecule has 1 aromatic carbocycles. The van der Waals surface area contributed by atoms with Gasteiger partial charge in [0, 0.05) is 24.4 Å². The second kappa shape index (κ2) is 5.96. The molecule has 92 valence electrons. The zero-order valence-corrected chi connectivity index (χ0v) is 10.6. The molecule has 1 saturated heterocycles. The Hall–Kier alpha value is -1.16. The van der Waals surface area contributed by atoms with Gasteiger partial charge in [-0.05, 0) is 18.2 Å². The highest BCUT2D eigenvalue weighted by atomic mass is 32.2. The van der Waals surface area contributed by atoms with Gasteiger partial charge in [0.1, 0.15) is 5.75 Å². The molecule has 1 N–H and O–H groups in total. The van der Waals surface area contributed by atoms with Crippen LogP contribution in [-0.4, -0.2) is 40.5 Å². The molecule has 0 radical (unpaired) electrons. The molecule has 1 aromatic rings. The summed E-state index contributed by atoms with van der Waals surface area (Å²) < 4.78 is 0. The lowest BCUT2D eigenvalue weighted by molar-refractivity contribution is -0.130. The van der Waals surface area contributed by atoms with Gasteiger partial charge in [-0.1, -0.05) is 18.2 Å². The number of carbonyl (C=O) groups is 1. The summed E-state index contributed by atoms with van der Waals surface area (Å²) in [5, 5.41) is 9.64. The van der Waals surface area contributed by atoms with Crippen LogP contribution in [0.3, 0.4) is 0 Å². The molecule has 1 aliphatic heterocycles. The Morgan fingerprint density at radius 1 is 1.29 bits per heavy atom. The van der Waals surface area contributed by atoms with Crippen LogP contribution in [0.4, 0.5) is 0 Å². The highest BCUT2D eigenvalue weighted by molar-refractivity contribution is 7.99. The van der Waals surface area contributed by atoms with Gasteiger partial charge >= 0.3 is 0 Å². The van der Waals surface area contributed by atoms with Crippen molar-refractivity contribution in [3.05, 3.63) is 29.8 Å². The zero-order valence-electron chi connectivity index (χ0n) is 9.76. The Morgan fingerprint density at radius 2 is 2.12 bits per heavy atom. The van der Waals surface area contributed by atoms with E-state index in [1.807, 2.05) is 22.7 Å². The van der Waals surface area contributed by atoms with Gasteiger partial charge in [0.05, 0.1) is 6.42 Å². The molecule has 1 aliphatic rings. The second-order valence-corrected chi connectivity index (χ2v) is 5.38. The van der Waals surface area contributed by atoms with E-state index in [2.05, 4.69) is 0 Å². The number of amides is 1. The number of hydrogen-bond acceptors (Lipinski definition) is 3. The largest absolute Gasteiger partial charge is 0.508 e. The fourth-order valence-corrected chi connectivity index (χ4v) is 2.82. The molecule has 0 spiro atoms. The minimum Gasteiger partial charge on any atom is -0.508 e. The summed E-state index contributed by atoms with van der Waals surface area (Å²) in [5.41, 5.74) is 0.717. The van der Waals surface area contributed by atoms with Crippen LogP contribution in [0.2, 0.25) is 0 Å². The molecule has 2 rings (SSSR count). The smallest absolute Gasteiger partial charge is 0.227 e. The quantitative estimate of drug-likeness (QED) is 0.872. The van der Waals surface area contributed by atoms with E-state index >= 15 is 0 Å². The average molecular weight is 251 g/mol. The number of carbonyl (C=O) groups excluding carboxylic acids is 1. The second-order valence-electron chi connectivity index (χ2n) is 4.15. The Labute approximate surface area is 106 Å². The van der Waals surface area contributed by atoms with Crippen molar-refractivity contribution >= 4 is 17.7 Å². The first-order valence-corrected chi connectivity index (χ1v) is 7.05. The number of hydrogen-bond donors (Lipinski definition) is 1. The summed E-state index contributed by atoms with van der Waals surface area (Å²) in [7, 11) is 0. The number of thioether (sulfide) groups is 1. The molecular weight excluding hydrogens is 234 g/mol. The van der Waals surface area contributed by atoms with Gasteiger partial charge in [0.15, 0.2) is 0 Å². The molecule has 0 unspecified atom stereocenters. The van der Waals surface area contributed by atoms with Crippen molar-refractivity contribution in [1.29, 1.82) is 0 Å². The Morgan fingerprint density at radius 3 is 2.94 bits per heavy atom.